The van der Waals surface area contributed by atoms with Crippen LogP contribution in [-0.2, 0) is 23.9 Å². The van der Waals surface area contributed by atoms with Gasteiger partial charge in [-0.25, -0.2) is 0 Å². The van der Waals surface area contributed by atoms with Crippen LogP contribution in [0.3, 0.4) is 0 Å². The van der Waals surface area contributed by atoms with Gasteiger partial charge >= 0.3 is 11.9 Å². The number of rotatable bonds is 10. The second-order valence-corrected chi connectivity index (χ2v) is 6.91. The highest BCUT2D eigenvalue weighted by Crippen LogP contribution is 2.38. The van der Waals surface area contributed by atoms with Gasteiger partial charge < -0.3 is 15.2 Å². The highest BCUT2D eigenvalue weighted by atomic mass is 16.5. The molecule has 6 nitrogen and oxygen atoms in total. The van der Waals surface area contributed by atoms with Crippen LogP contribution in [0.25, 0.3) is 0 Å². The molecule has 0 aliphatic heterocycles. The smallest absolute Gasteiger partial charge is 0.312 e. The predicted octanol–water partition coefficient (Wildman–Crippen LogP) is 2.58. The second-order valence-electron chi connectivity index (χ2n) is 6.91. The summed E-state index contributed by atoms with van der Waals surface area (Å²) in [6.07, 6.45) is 1.50. The second kappa shape index (κ2) is 8.89. The van der Waals surface area contributed by atoms with E-state index in [2.05, 4.69) is 0 Å². The molecule has 134 valence electrons. The van der Waals surface area contributed by atoms with Crippen LogP contribution in [0.2, 0.25) is 0 Å². The van der Waals surface area contributed by atoms with Gasteiger partial charge in [-0.15, -0.1) is 0 Å². The molecule has 0 aromatic carbocycles. The Labute approximate surface area is 139 Å². The summed E-state index contributed by atoms with van der Waals surface area (Å²) in [5.74, 6) is -1.56. The molecule has 0 radical (unpaired) electrons. The van der Waals surface area contributed by atoms with Gasteiger partial charge in [-0.05, 0) is 47.0 Å². The van der Waals surface area contributed by atoms with Crippen molar-refractivity contribution in [2.24, 2.45) is 16.6 Å². The molecule has 0 aliphatic rings. The number of amides is 1. The number of ether oxygens (including phenoxy) is 2. The number of carbonyl (C=O) groups excluding carboxylic acids is 3. The molecular weight excluding hydrogens is 298 g/mol. The van der Waals surface area contributed by atoms with Crippen LogP contribution in [0.1, 0.15) is 67.2 Å². The number of hydrogen-bond acceptors (Lipinski definition) is 5. The third kappa shape index (κ3) is 6.59. The minimum Gasteiger partial charge on any atom is -0.465 e. The first-order chi connectivity index (χ1) is 10.5. The number of esters is 2. The van der Waals surface area contributed by atoms with Crippen molar-refractivity contribution in [3.05, 3.63) is 0 Å². The molecule has 0 spiro atoms. The van der Waals surface area contributed by atoms with Crippen LogP contribution in [0.15, 0.2) is 0 Å². The van der Waals surface area contributed by atoms with E-state index >= 15 is 0 Å². The Morgan fingerprint density at radius 1 is 1.09 bits per heavy atom. The van der Waals surface area contributed by atoms with Crippen molar-refractivity contribution in [1.29, 1.82) is 0 Å². The molecule has 0 fully saturated rings. The van der Waals surface area contributed by atoms with Gasteiger partial charge in [0.1, 0.15) is 0 Å². The van der Waals surface area contributed by atoms with Crippen molar-refractivity contribution in [3.8, 4) is 0 Å². The molecule has 23 heavy (non-hydrogen) atoms. The summed E-state index contributed by atoms with van der Waals surface area (Å²) in [6.45, 7) is 10.9. The topological polar surface area (TPSA) is 95.7 Å². The van der Waals surface area contributed by atoms with Gasteiger partial charge in [0.25, 0.3) is 5.91 Å². The standard InChI is InChI=1S/C17H31NO5/c1-7-9-10-22-14(20)16(4,5)11-17(6,8-2)15(21)23-12(3)13(18)19/h12H,7-11H2,1-6H3,(H2,18,19). The van der Waals surface area contributed by atoms with E-state index in [1.165, 1.54) is 6.92 Å². The average Bonchev–Trinajstić information content (AvgIpc) is 2.46. The van der Waals surface area contributed by atoms with Crippen molar-refractivity contribution >= 4 is 17.8 Å². The van der Waals surface area contributed by atoms with E-state index in [-0.39, 0.29) is 12.4 Å². The minimum absolute atomic E-state index is 0.270. The summed E-state index contributed by atoms with van der Waals surface area (Å²) in [6, 6.07) is 0. The lowest BCUT2D eigenvalue weighted by atomic mass is 9.72. The predicted molar refractivity (Wildman–Crippen MR) is 87.4 cm³/mol. The number of nitrogens with two attached hydrogens (primary N) is 1. The number of carbonyl (C=O) groups is 3. The summed E-state index contributed by atoms with van der Waals surface area (Å²) in [7, 11) is 0. The van der Waals surface area contributed by atoms with Gasteiger partial charge in [0.2, 0.25) is 0 Å². The number of hydrogen-bond donors (Lipinski definition) is 1. The fourth-order valence-corrected chi connectivity index (χ4v) is 2.25. The maximum absolute atomic E-state index is 12.4. The Bertz CT molecular complexity index is 433. The molecule has 2 atom stereocenters. The monoisotopic (exact) mass is 329 g/mol. The number of unbranched alkanes of at least 4 members (excludes halogenated alkanes) is 1. The quantitative estimate of drug-likeness (QED) is 0.491. The van der Waals surface area contributed by atoms with Gasteiger partial charge in [0.05, 0.1) is 17.4 Å². The van der Waals surface area contributed by atoms with Crippen molar-refractivity contribution in [2.75, 3.05) is 6.61 Å². The molecule has 0 heterocycles. The average molecular weight is 329 g/mol. The van der Waals surface area contributed by atoms with E-state index in [4.69, 9.17) is 15.2 Å². The summed E-state index contributed by atoms with van der Waals surface area (Å²) in [5, 5.41) is 0. The van der Waals surface area contributed by atoms with Crippen LogP contribution in [0.5, 0.6) is 0 Å². The van der Waals surface area contributed by atoms with Crippen molar-refractivity contribution < 1.29 is 23.9 Å². The minimum atomic E-state index is -0.993. The maximum Gasteiger partial charge on any atom is 0.312 e. The zero-order valence-corrected chi connectivity index (χ0v) is 15.2. The SMILES string of the molecule is CCCCOC(=O)C(C)(C)CC(C)(CC)C(=O)OC(C)C(N)=O. The molecule has 0 saturated carbocycles. The van der Waals surface area contributed by atoms with Crippen LogP contribution in [-0.4, -0.2) is 30.6 Å². The molecule has 2 N–H and O–H groups in total. The van der Waals surface area contributed by atoms with E-state index in [9.17, 15) is 14.4 Å². The van der Waals surface area contributed by atoms with Crippen LogP contribution >= 0.6 is 0 Å². The van der Waals surface area contributed by atoms with Gasteiger partial charge in [-0.3, -0.25) is 14.4 Å². The Morgan fingerprint density at radius 2 is 1.65 bits per heavy atom. The molecule has 0 aromatic rings. The molecule has 6 heteroatoms. The largest absolute Gasteiger partial charge is 0.465 e. The lowest BCUT2D eigenvalue weighted by molar-refractivity contribution is -0.168. The van der Waals surface area contributed by atoms with Crippen molar-refractivity contribution in [3.63, 3.8) is 0 Å². The highest BCUT2D eigenvalue weighted by molar-refractivity contribution is 5.84. The highest BCUT2D eigenvalue weighted by Gasteiger charge is 2.43. The molecule has 0 rings (SSSR count). The summed E-state index contributed by atoms with van der Waals surface area (Å²) in [5.41, 5.74) is 3.40. The van der Waals surface area contributed by atoms with Crippen LogP contribution < -0.4 is 5.73 Å². The van der Waals surface area contributed by atoms with Gasteiger partial charge in [0.15, 0.2) is 6.10 Å². The van der Waals surface area contributed by atoms with Crippen LogP contribution in [0, 0.1) is 10.8 Å². The first kappa shape index (κ1) is 21.4. The molecule has 0 bridgehead atoms. The molecule has 1 amide bonds. The third-order valence-electron chi connectivity index (χ3n) is 4.07. The lowest BCUT2D eigenvalue weighted by Crippen LogP contribution is -2.41. The van der Waals surface area contributed by atoms with Gasteiger partial charge in [0, 0.05) is 0 Å². The van der Waals surface area contributed by atoms with Gasteiger partial charge in [-0.1, -0.05) is 20.3 Å². The Balaban J connectivity index is 4.96. The van der Waals surface area contributed by atoms with E-state index in [1.54, 1.807) is 20.8 Å². The summed E-state index contributed by atoms with van der Waals surface area (Å²) >= 11 is 0. The normalized spacial score (nSPS) is 15.4. The molecular formula is C17H31NO5. The molecule has 0 aromatic heterocycles. The van der Waals surface area contributed by atoms with Crippen molar-refractivity contribution in [2.45, 2.75) is 73.3 Å². The fraction of sp³-hybridized carbons (Fsp3) is 0.824. The lowest BCUT2D eigenvalue weighted by Gasteiger charge is -2.34. The molecule has 0 aliphatic carbocycles. The van der Waals surface area contributed by atoms with E-state index in [0.29, 0.717) is 13.0 Å². The number of primary amides is 1. The van der Waals surface area contributed by atoms with Crippen LogP contribution in [0.4, 0.5) is 0 Å². The summed E-state index contributed by atoms with van der Waals surface area (Å²) < 4.78 is 10.4. The van der Waals surface area contributed by atoms with E-state index in [0.717, 1.165) is 12.8 Å². The Kier molecular flexibility index (Phi) is 8.28. The molecule has 2 unspecified atom stereocenters. The first-order valence-corrected chi connectivity index (χ1v) is 8.17. The Morgan fingerprint density at radius 3 is 2.09 bits per heavy atom. The third-order valence-corrected chi connectivity index (χ3v) is 4.07. The summed E-state index contributed by atoms with van der Waals surface area (Å²) in [4.78, 5) is 35.7. The molecule has 0 saturated heterocycles. The first-order valence-electron chi connectivity index (χ1n) is 8.17. The van der Waals surface area contributed by atoms with Gasteiger partial charge in [-0.2, -0.15) is 0 Å². The zero-order chi connectivity index (χ0) is 18.3. The van der Waals surface area contributed by atoms with E-state index < -0.39 is 28.8 Å². The fourth-order valence-electron chi connectivity index (χ4n) is 2.25. The van der Waals surface area contributed by atoms with E-state index in [1.807, 2.05) is 13.8 Å². The Hall–Kier alpha value is -1.59. The zero-order valence-electron chi connectivity index (χ0n) is 15.2. The van der Waals surface area contributed by atoms with Crippen molar-refractivity contribution in [1.82, 2.24) is 0 Å². The maximum atomic E-state index is 12.4.